The summed E-state index contributed by atoms with van der Waals surface area (Å²) in [4.78, 5) is 11.7. The van der Waals surface area contributed by atoms with Gasteiger partial charge in [-0.1, -0.05) is 54.6 Å². The molecule has 0 spiro atoms. The SMILES string of the molecule is CC=C(C(=O)O)c1cc(OC)c(O)c2c(Cc3ccccc3)cccc12. The Morgan fingerprint density at radius 1 is 1.12 bits per heavy atom. The third-order valence-corrected chi connectivity index (χ3v) is 4.45. The third kappa shape index (κ3) is 3.14. The molecule has 3 rings (SSSR count). The Morgan fingerprint density at radius 3 is 2.46 bits per heavy atom. The van der Waals surface area contributed by atoms with Crippen molar-refractivity contribution in [3.8, 4) is 11.5 Å². The zero-order valence-corrected chi connectivity index (χ0v) is 14.7. The molecular weight excluding hydrogens is 328 g/mol. The van der Waals surface area contributed by atoms with Crippen molar-refractivity contribution in [1.29, 1.82) is 0 Å². The first kappa shape index (κ1) is 17.5. The molecule has 0 aliphatic rings. The van der Waals surface area contributed by atoms with Gasteiger partial charge in [0.15, 0.2) is 11.5 Å². The fourth-order valence-electron chi connectivity index (χ4n) is 3.24. The molecule has 0 atom stereocenters. The number of aromatic hydroxyl groups is 1. The lowest BCUT2D eigenvalue weighted by Crippen LogP contribution is -2.02. The van der Waals surface area contributed by atoms with Gasteiger partial charge in [0.25, 0.3) is 0 Å². The van der Waals surface area contributed by atoms with Gasteiger partial charge in [0, 0.05) is 10.9 Å². The Balaban J connectivity index is 2.30. The number of rotatable bonds is 5. The van der Waals surface area contributed by atoms with Crippen LogP contribution in [0.5, 0.6) is 11.5 Å². The van der Waals surface area contributed by atoms with E-state index in [0.717, 1.165) is 11.1 Å². The van der Waals surface area contributed by atoms with Gasteiger partial charge >= 0.3 is 5.97 Å². The summed E-state index contributed by atoms with van der Waals surface area (Å²) in [7, 11) is 1.46. The number of fused-ring (bicyclic) bond motifs is 1. The van der Waals surface area contributed by atoms with E-state index in [2.05, 4.69) is 0 Å². The van der Waals surface area contributed by atoms with Gasteiger partial charge < -0.3 is 14.9 Å². The molecule has 132 valence electrons. The molecule has 4 nitrogen and oxygen atoms in total. The minimum absolute atomic E-state index is 0.0265. The van der Waals surface area contributed by atoms with Crippen molar-refractivity contribution in [1.82, 2.24) is 0 Å². The highest BCUT2D eigenvalue weighted by Gasteiger charge is 2.20. The molecule has 0 unspecified atom stereocenters. The van der Waals surface area contributed by atoms with Crippen molar-refractivity contribution in [3.63, 3.8) is 0 Å². The second-order valence-corrected chi connectivity index (χ2v) is 5.98. The van der Waals surface area contributed by atoms with E-state index in [1.807, 2.05) is 48.5 Å². The summed E-state index contributed by atoms with van der Waals surface area (Å²) in [6.45, 7) is 1.68. The first-order chi connectivity index (χ1) is 12.6. The van der Waals surface area contributed by atoms with Crippen LogP contribution in [-0.4, -0.2) is 23.3 Å². The number of phenols is 1. The summed E-state index contributed by atoms with van der Waals surface area (Å²) in [5.74, 6) is -0.734. The molecule has 0 bridgehead atoms. The average Bonchev–Trinajstić information content (AvgIpc) is 2.64. The molecule has 0 radical (unpaired) electrons. The molecule has 0 saturated carbocycles. The van der Waals surface area contributed by atoms with Crippen LogP contribution in [-0.2, 0) is 11.2 Å². The highest BCUT2D eigenvalue weighted by Crippen LogP contribution is 2.41. The summed E-state index contributed by atoms with van der Waals surface area (Å²) in [5, 5.41) is 21.6. The highest BCUT2D eigenvalue weighted by atomic mass is 16.5. The molecule has 26 heavy (non-hydrogen) atoms. The second-order valence-electron chi connectivity index (χ2n) is 5.98. The van der Waals surface area contributed by atoms with E-state index >= 15 is 0 Å². The number of carbonyl (C=O) groups is 1. The standard InChI is InChI=1S/C22H20O4/c1-3-16(22(24)25)18-13-19(26-2)21(23)20-15(10-7-11-17(18)20)12-14-8-5-4-6-9-14/h3-11,13,23H,12H2,1-2H3,(H,24,25). The van der Waals surface area contributed by atoms with Crippen molar-refractivity contribution >= 4 is 22.3 Å². The van der Waals surface area contributed by atoms with Gasteiger partial charge in [-0.3, -0.25) is 0 Å². The van der Waals surface area contributed by atoms with Crippen molar-refractivity contribution in [2.45, 2.75) is 13.3 Å². The molecule has 0 aromatic heterocycles. The number of phenolic OH excluding ortho intramolecular Hbond substituents is 1. The van der Waals surface area contributed by atoms with Gasteiger partial charge in [0.2, 0.25) is 0 Å². The Bertz CT molecular complexity index is 988. The molecule has 3 aromatic carbocycles. The number of ether oxygens (including phenoxy) is 1. The highest BCUT2D eigenvalue weighted by molar-refractivity contribution is 6.20. The topological polar surface area (TPSA) is 66.8 Å². The monoisotopic (exact) mass is 348 g/mol. The van der Waals surface area contributed by atoms with Crippen LogP contribution in [0.2, 0.25) is 0 Å². The lowest BCUT2D eigenvalue weighted by molar-refractivity contribution is -0.130. The van der Waals surface area contributed by atoms with Gasteiger partial charge in [0.1, 0.15) is 0 Å². The average molecular weight is 348 g/mol. The van der Waals surface area contributed by atoms with Crippen LogP contribution in [0.1, 0.15) is 23.6 Å². The summed E-state index contributed by atoms with van der Waals surface area (Å²) in [6.07, 6.45) is 2.17. The molecule has 0 fully saturated rings. The maximum Gasteiger partial charge on any atom is 0.335 e. The number of carboxylic acids is 1. The molecule has 0 aliphatic heterocycles. The second kappa shape index (κ2) is 7.31. The molecule has 0 aliphatic carbocycles. The first-order valence-electron chi connectivity index (χ1n) is 8.32. The fourth-order valence-corrected chi connectivity index (χ4v) is 3.24. The maximum atomic E-state index is 11.7. The van der Waals surface area contributed by atoms with Gasteiger partial charge in [-0.05, 0) is 35.9 Å². The number of hydrogen-bond acceptors (Lipinski definition) is 3. The van der Waals surface area contributed by atoms with E-state index in [0.29, 0.717) is 22.8 Å². The van der Waals surface area contributed by atoms with Crippen LogP contribution >= 0.6 is 0 Å². The van der Waals surface area contributed by atoms with Crippen molar-refractivity contribution in [2.75, 3.05) is 7.11 Å². The lowest BCUT2D eigenvalue weighted by Gasteiger charge is -2.16. The number of hydrogen-bond donors (Lipinski definition) is 2. The van der Waals surface area contributed by atoms with E-state index in [1.165, 1.54) is 7.11 Å². The van der Waals surface area contributed by atoms with Crippen LogP contribution in [0.4, 0.5) is 0 Å². The Morgan fingerprint density at radius 2 is 1.85 bits per heavy atom. The fraction of sp³-hybridized carbons (Fsp3) is 0.136. The molecule has 4 heteroatoms. The zero-order valence-electron chi connectivity index (χ0n) is 14.7. The van der Waals surface area contributed by atoms with Crippen molar-refractivity contribution < 1.29 is 19.7 Å². The largest absolute Gasteiger partial charge is 0.504 e. The van der Waals surface area contributed by atoms with Crippen LogP contribution in [0.3, 0.4) is 0 Å². The predicted octanol–water partition coefficient (Wildman–Crippen LogP) is 4.63. The predicted molar refractivity (Wildman–Crippen MR) is 103 cm³/mol. The Kier molecular flexibility index (Phi) is 4.94. The van der Waals surface area contributed by atoms with Crippen LogP contribution < -0.4 is 4.74 Å². The first-order valence-corrected chi connectivity index (χ1v) is 8.32. The number of aliphatic carboxylic acids is 1. The molecular formula is C22H20O4. The molecule has 0 heterocycles. The van der Waals surface area contributed by atoms with E-state index < -0.39 is 5.97 Å². The Hall–Kier alpha value is -3.27. The summed E-state index contributed by atoms with van der Waals surface area (Å²) in [6, 6.07) is 17.1. The van der Waals surface area contributed by atoms with Crippen molar-refractivity contribution in [2.24, 2.45) is 0 Å². The molecule has 3 aromatic rings. The summed E-state index contributed by atoms with van der Waals surface area (Å²) in [5.41, 5.74) is 2.71. The van der Waals surface area contributed by atoms with Crippen molar-refractivity contribution in [3.05, 3.63) is 77.4 Å². The lowest BCUT2D eigenvalue weighted by atomic mass is 9.92. The van der Waals surface area contributed by atoms with Gasteiger partial charge in [-0.25, -0.2) is 4.79 Å². The molecule has 0 saturated heterocycles. The Labute approximate surface area is 152 Å². The van der Waals surface area contributed by atoms with Crippen LogP contribution in [0.15, 0.2) is 60.7 Å². The normalized spacial score (nSPS) is 11.5. The quantitative estimate of drug-likeness (QED) is 0.660. The third-order valence-electron chi connectivity index (χ3n) is 4.45. The van der Waals surface area contributed by atoms with Gasteiger partial charge in [-0.15, -0.1) is 0 Å². The van der Waals surface area contributed by atoms with Crippen LogP contribution in [0, 0.1) is 0 Å². The van der Waals surface area contributed by atoms with E-state index in [4.69, 9.17) is 4.74 Å². The summed E-state index contributed by atoms with van der Waals surface area (Å²) < 4.78 is 5.30. The number of allylic oxidation sites excluding steroid dienone is 1. The van der Waals surface area contributed by atoms with Crippen LogP contribution in [0.25, 0.3) is 16.3 Å². The smallest absolute Gasteiger partial charge is 0.335 e. The maximum absolute atomic E-state index is 11.7. The molecule has 0 amide bonds. The van der Waals surface area contributed by atoms with E-state index in [-0.39, 0.29) is 17.1 Å². The number of benzene rings is 3. The minimum atomic E-state index is -1.02. The minimum Gasteiger partial charge on any atom is -0.504 e. The van der Waals surface area contributed by atoms with Gasteiger partial charge in [0.05, 0.1) is 12.7 Å². The van der Waals surface area contributed by atoms with E-state index in [9.17, 15) is 15.0 Å². The van der Waals surface area contributed by atoms with Gasteiger partial charge in [-0.2, -0.15) is 0 Å². The number of methoxy groups -OCH3 is 1. The zero-order chi connectivity index (χ0) is 18.7. The molecule has 2 N–H and O–H groups in total. The number of carboxylic acid groups (broad SMARTS) is 1. The van der Waals surface area contributed by atoms with E-state index in [1.54, 1.807) is 19.1 Å². The summed E-state index contributed by atoms with van der Waals surface area (Å²) >= 11 is 0.